The predicted octanol–water partition coefficient (Wildman–Crippen LogP) is 1.47. The third-order valence-electron chi connectivity index (χ3n) is 2.32. The van der Waals surface area contributed by atoms with E-state index in [1.165, 1.54) is 6.07 Å². The second-order valence-corrected chi connectivity index (χ2v) is 3.81. The van der Waals surface area contributed by atoms with Gasteiger partial charge in [-0.05, 0) is 24.6 Å². The fourth-order valence-corrected chi connectivity index (χ4v) is 1.50. The van der Waals surface area contributed by atoms with E-state index in [-0.39, 0.29) is 24.7 Å². The number of hydrogen-bond donors (Lipinski definition) is 2. The maximum absolute atomic E-state index is 10.9. The number of aliphatic hydroxyl groups excluding tert-OH is 1. The second kappa shape index (κ2) is 7.62. The van der Waals surface area contributed by atoms with Crippen molar-refractivity contribution in [1.82, 2.24) is 5.32 Å². The molecule has 0 unspecified atom stereocenters. The minimum atomic E-state index is -0.476. The quantitative estimate of drug-likeness (QED) is 0.417. The first-order chi connectivity index (χ1) is 8.69. The zero-order valence-corrected chi connectivity index (χ0v) is 10.4. The largest absolute Gasteiger partial charge is 0.484 e. The highest BCUT2D eigenvalue weighted by molar-refractivity contribution is 5.48. The monoisotopic (exact) mass is 254 g/mol. The summed E-state index contributed by atoms with van der Waals surface area (Å²) in [7, 11) is 0. The third-order valence-corrected chi connectivity index (χ3v) is 2.32. The van der Waals surface area contributed by atoms with E-state index in [2.05, 4.69) is 12.2 Å². The van der Waals surface area contributed by atoms with E-state index in [4.69, 9.17) is 9.84 Å². The van der Waals surface area contributed by atoms with Crippen LogP contribution in [0.2, 0.25) is 0 Å². The van der Waals surface area contributed by atoms with Gasteiger partial charge in [0.05, 0.1) is 11.5 Å². The van der Waals surface area contributed by atoms with Crippen molar-refractivity contribution in [3.63, 3.8) is 0 Å². The molecule has 100 valence electrons. The van der Waals surface area contributed by atoms with E-state index >= 15 is 0 Å². The van der Waals surface area contributed by atoms with Gasteiger partial charge in [-0.25, -0.2) is 0 Å². The number of nitrogens with one attached hydrogen (secondary N) is 1. The summed E-state index contributed by atoms with van der Waals surface area (Å²) < 4.78 is 5.12. The molecule has 2 N–H and O–H groups in total. The van der Waals surface area contributed by atoms with Crippen LogP contribution in [0.3, 0.4) is 0 Å². The summed E-state index contributed by atoms with van der Waals surface area (Å²) in [5.41, 5.74) is 0.769. The maximum atomic E-state index is 10.9. The highest BCUT2D eigenvalue weighted by Crippen LogP contribution is 2.27. The van der Waals surface area contributed by atoms with Crippen molar-refractivity contribution in [3.05, 3.63) is 33.9 Å². The molecule has 0 spiro atoms. The minimum absolute atomic E-state index is 0.0499. The standard InChI is InChI=1S/C12H18N2O4/c1-2-5-13-9-10-3-4-12(18-7-6-15)11(8-10)14(16)17/h3-4,8,13,15H,2,5-7,9H2,1H3. The summed E-state index contributed by atoms with van der Waals surface area (Å²) in [5.74, 6) is 0.188. The summed E-state index contributed by atoms with van der Waals surface area (Å²) in [6.45, 7) is 3.40. The Kier molecular flexibility index (Phi) is 6.10. The van der Waals surface area contributed by atoms with E-state index in [0.717, 1.165) is 18.5 Å². The summed E-state index contributed by atoms with van der Waals surface area (Å²) in [6.07, 6.45) is 1.01. The third kappa shape index (κ3) is 4.31. The number of rotatable bonds is 8. The molecule has 0 radical (unpaired) electrons. The molecule has 0 atom stereocenters. The smallest absolute Gasteiger partial charge is 0.311 e. The summed E-state index contributed by atoms with van der Waals surface area (Å²) >= 11 is 0. The van der Waals surface area contributed by atoms with Gasteiger partial charge < -0.3 is 15.2 Å². The Balaban J connectivity index is 2.78. The van der Waals surface area contributed by atoms with Gasteiger partial charge in [0.2, 0.25) is 0 Å². The van der Waals surface area contributed by atoms with Gasteiger partial charge >= 0.3 is 5.69 Å². The number of benzene rings is 1. The van der Waals surface area contributed by atoms with Crippen LogP contribution >= 0.6 is 0 Å². The van der Waals surface area contributed by atoms with Gasteiger partial charge in [-0.3, -0.25) is 10.1 Å². The summed E-state index contributed by atoms with van der Waals surface area (Å²) in [5, 5.41) is 22.7. The molecular formula is C12H18N2O4. The van der Waals surface area contributed by atoms with Crippen molar-refractivity contribution in [2.75, 3.05) is 19.8 Å². The Labute approximate surface area is 106 Å². The fourth-order valence-electron chi connectivity index (χ4n) is 1.50. The molecule has 0 bridgehead atoms. The van der Waals surface area contributed by atoms with Crippen LogP contribution in [0.15, 0.2) is 18.2 Å². The van der Waals surface area contributed by atoms with E-state index in [1.807, 2.05) is 0 Å². The zero-order valence-electron chi connectivity index (χ0n) is 10.4. The average Bonchev–Trinajstić information content (AvgIpc) is 2.37. The average molecular weight is 254 g/mol. The van der Waals surface area contributed by atoms with Crippen molar-refractivity contribution >= 4 is 5.69 Å². The van der Waals surface area contributed by atoms with Gasteiger partial charge in [0.1, 0.15) is 6.61 Å². The normalized spacial score (nSPS) is 10.3. The van der Waals surface area contributed by atoms with E-state index in [0.29, 0.717) is 6.54 Å². The van der Waals surface area contributed by atoms with Crippen molar-refractivity contribution < 1.29 is 14.8 Å². The number of nitro groups is 1. The van der Waals surface area contributed by atoms with Crippen LogP contribution in [0.25, 0.3) is 0 Å². The molecule has 6 heteroatoms. The van der Waals surface area contributed by atoms with Gasteiger partial charge in [0.25, 0.3) is 0 Å². The van der Waals surface area contributed by atoms with Crippen molar-refractivity contribution in [1.29, 1.82) is 0 Å². The molecule has 18 heavy (non-hydrogen) atoms. The first-order valence-corrected chi connectivity index (χ1v) is 5.90. The van der Waals surface area contributed by atoms with Crippen LogP contribution in [0.1, 0.15) is 18.9 Å². The van der Waals surface area contributed by atoms with Crippen molar-refractivity contribution in [2.24, 2.45) is 0 Å². The Morgan fingerprint density at radius 3 is 2.89 bits per heavy atom. The number of nitro benzene ring substituents is 1. The molecule has 0 aromatic heterocycles. The molecule has 1 aromatic rings. The van der Waals surface area contributed by atoms with Gasteiger partial charge in [0, 0.05) is 12.6 Å². The van der Waals surface area contributed by atoms with Gasteiger partial charge in [-0.15, -0.1) is 0 Å². The zero-order chi connectivity index (χ0) is 13.4. The molecule has 1 aromatic carbocycles. The van der Waals surface area contributed by atoms with Gasteiger partial charge in [-0.1, -0.05) is 13.0 Å². The molecule has 0 aliphatic rings. The molecule has 0 heterocycles. The van der Waals surface area contributed by atoms with Crippen LogP contribution in [-0.2, 0) is 6.54 Å². The predicted molar refractivity (Wildman–Crippen MR) is 67.7 cm³/mol. The van der Waals surface area contributed by atoms with Crippen LogP contribution in [0, 0.1) is 10.1 Å². The molecule has 6 nitrogen and oxygen atoms in total. The number of nitrogens with zero attached hydrogens (tertiary/aromatic N) is 1. The lowest BCUT2D eigenvalue weighted by molar-refractivity contribution is -0.385. The minimum Gasteiger partial charge on any atom is -0.484 e. The highest BCUT2D eigenvalue weighted by Gasteiger charge is 2.15. The highest BCUT2D eigenvalue weighted by atomic mass is 16.6. The van der Waals surface area contributed by atoms with Crippen LogP contribution in [0.4, 0.5) is 5.69 Å². The SMILES string of the molecule is CCCNCc1ccc(OCCO)c([N+](=O)[O-])c1. The van der Waals surface area contributed by atoms with Gasteiger partial charge in [0.15, 0.2) is 5.75 Å². The number of aliphatic hydroxyl groups is 1. The van der Waals surface area contributed by atoms with E-state index < -0.39 is 4.92 Å². The topological polar surface area (TPSA) is 84.6 Å². The van der Waals surface area contributed by atoms with Gasteiger partial charge in [-0.2, -0.15) is 0 Å². The lowest BCUT2D eigenvalue weighted by Gasteiger charge is -2.07. The Bertz CT molecular complexity index is 396. The van der Waals surface area contributed by atoms with Crippen LogP contribution in [0.5, 0.6) is 5.75 Å². The van der Waals surface area contributed by atoms with Crippen molar-refractivity contribution in [3.8, 4) is 5.75 Å². The van der Waals surface area contributed by atoms with Crippen LogP contribution in [-0.4, -0.2) is 29.8 Å². The Hall–Kier alpha value is -1.66. The summed E-state index contributed by atoms with van der Waals surface area (Å²) in [6, 6.07) is 4.84. The fraction of sp³-hybridized carbons (Fsp3) is 0.500. The molecule has 0 saturated carbocycles. The Morgan fingerprint density at radius 1 is 1.50 bits per heavy atom. The van der Waals surface area contributed by atoms with Crippen molar-refractivity contribution in [2.45, 2.75) is 19.9 Å². The summed E-state index contributed by atoms with van der Waals surface area (Å²) in [4.78, 5) is 10.4. The molecule has 0 fully saturated rings. The lowest BCUT2D eigenvalue weighted by atomic mass is 10.2. The van der Waals surface area contributed by atoms with E-state index in [1.54, 1.807) is 12.1 Å². The molecular weight excluding hydrogens is 236 g/mol. The van der Waals surface area contributed by atoms with E-state index in [9.17, 15) is 10.1 Å². The maximum Gasteiger partial charge on any atom is 0.311 e. The molecule has 0 aliphatic heterocycles. The van der Waals surface area contributed by atoms with Crippen LogP contribution < -0.4 is 10.1 Å². The molecule has 0 aliphatic carbocycles. The first-order valence-electron chi connectivity index (χ1n) is 5.90. The lowest BCUT2D eigenvalue weighted by Crippen LogP contribution is -2.14. The first kappa shape index (κ1) is 14.4. The molecule has 0 amide bonds. The second-order valence-electron chi connectivity index (χ2n) is 3.81. The Morgan fingerprint density at radius 2 is 2.28 bits per heavy atom. The molecule has 1 rings (SSSR count). The molecule has 0 saturated heterocycles. The number of ether oxygens (including phenoxy) is 1. The number of hydrogen-bond acceptors (Lipinski definition) is 5.